The van der Waals surface area contributed by atoms with E-state index in [9.17, 15) is 4.79 Å². The van der Waals surface area contributed by atoms with Crippen LogP contribution in [0.5, 0.6) is 0 Å². The van der Waals surface area contributed by atoms with E-state index >= 15 is 0 Å². The summed E-state index contributed by atoms with van der Waals surface area (Å²) in [4.78, 5) is 12.2. The molecule has 6 nitrogen and oxygen atoms in total. The van der Waals surface area contributed by atoms with Crippen molar-refractivity contribution in [2.45, 2.75) is 20.3 Å². The lowest BCUT2D eigenvalue weighted by atomic mass is 10.1. The number of benzene rings is 1. The summed E-state index contributed by atoms with van der Waals surface area (Å²) in [5, 5.41) is 11.1. The molecule has 0 aliphatic carbocycles. The van der Waals surface area contributed by atoms with Gasteiger partial charge >= 0.3 is 0 Å². The van der Waals surface area contributed by atoms with Gasteiger partial charge in [0.15, 0.2) is 11.5 Å². The standard InChI is InChI=1S/C18H20N4O2/c1-12-15(13(2)22(3)20-12)9-10-19-18(23)16-11-17(24-21-16)14-7-5-4-6-8-14/h4-8,11H,9-10H2,1-3H3,(H,19,23). The lowest BCUT2D eigenvalue weighted by Crippen LogP contribution is -2.26. The monoisotopic (exact) mass is 324 g/mol. The average Bonchev–Trinajstić information content (AvgIpc) is 3.16. The van der Waals surface area contributed by atoms with Crippen molar-refractivity contribution in [1.29, 1.82) is 0 Å². The third kappa shape index (κ3) is 3.22. The minimum absolute atomic E-state index is 0.236. The number of amides is 1. The number of carbonyl (C=O) groups excluding carboxylic acids is 1. The summed E-state index contributed by atoms with van der Waals surface area (Å²) in [6.07, 6.45) is 0.737. The largest absolute Gasteiger partial charge is 0.355 e. The van der Waals surface area contributed by atoms with Crippen LogP contribution in [0.1, 0.15) is 27.4 Å². The molecule has 124 valence electrons. The SMILES string of the molecule is Cc1nn(C)c(C)c1CCNC(=O)c1cc(-c2ccccc2)on1. The maximum atomic E-state index is 12.2. The Bertz CT molecular complexity index is 849. The van der Waals surface area contributed by atoms with Gasteiger partial charge in [0.05, 0.1) is 5.69 Å². The smallest absolute Gasteiger partial charge is 0.273 e. The second-order valence-electron chi connectivity index (χ2n) is 5.72. The van der Waals surface area contributed by atoms with Crippen LogP contribution in [0.25, 0.3) is 11.3 Å². The maximum absolute atomic E-state index is 12.2. The molecule has 24 heavy (non-hydrogen) atoms. The highest BCUT2D eigenvalue weighted by Gasteiger charge is 2.14. The molecule has 1 N–H and O–H groups in total. The molecule has 0 aliphatic heterocycles. The molecule has 3 rings (SSSR count). The maximum Gasteiger partial charge on any atom is 0.273 e. The van der Waals surface area contributed by atoms with Gasteiger partial charge in [0.1, 0.15) is 0 Å². The molecule has 6 heteroatoms. The van der Waals surface area contributed by atoms with Gasteiger partial charge in [0.2, 0.25) is 0 Å². The first-order valence-electron chi connectivity index (χ1n) is 7.85. The fourth-order valence-corrected chi connectivity index (χ4v) is 2.69. The molecule has 1 aromatic carbocycles. The molecule has 3 aromatic rings. The van der Waals surface area contributed by atoms with Crippen molar-refractivity contribution in [3.05, 3.63) is 59.0 Å². The van der Waals surface area contributed by atoms with E-state index in [2.05, 4.69) is 15.6 Å². The molecule has 0 aliphatic rings. The van der Waals surface area contributed by atoms with Crippen LogP contribution in [-0.2, 0) is 13.5 Å². The van der Waals surface area contributed by atoms with Gasteiger partial charge in [-0.05, 0) is 25.8 Å². The van der Waals surface area contributed by atoms with E-state index in [0.717, 1.165) is 23.4 Å². The summed E-state index contributed by atoms with van der Waals surface area (Å²) >= 11 is 0. The van der Waals surface area contributed by atoms with Crippen molar-refractivity contribution in [3.63, 3.8) is 0 Å². The fourth-order valence-electron chi connectivity index (χ4n) is 2.69. The van der Waals surface area contributed by atoms with Crippen molar-refractivity contribution >= 4 is 5.91 Å². The van der Waals surface area contributed by atoms with Gasteiger partial charge < -0.3 is 9.84 Å². The van der Waals surface area contributed by atoms with Crippen LogP contribution in [0.4, 0.5) is 0 Å². The number of aromatic nitrogens is 3. The number of rotatable bonds is 5. The van der Waals surface area contributed by atoms with Gasteiger partial charge in [-0.25, -0.2) is 0 Å². The van der Waals surface area contributed by atoms with Gasteiger partial charge in [-0.1, -0.05) is 35.5 Å². The first-order chi connectivity index (χ1) is 11.6. The molecule has 0 radical (unpaired) electrons. The Labute approximate surface area is 140 Å². The lowest BCUT2D eigenvalue weighted by molar-refractivity contribution is 0.0945. The van der Waals surface area contributed by atoms with Gasteiger partial charge in [-0.3, -0.25) is 9.48 Å². The Morgan fingerprint density at radius 3 is 2.67 bits per heavy atom. The van der Waals surface area contributed by atoms with Crippen LogP contribution in [0, 0.1) is 13.8 Å². The highest BCUT2D eigenvalue weighted by molar-refractivity contribution is 5.93. The Hall–Kier alpha value is -2.89. The van der Waals surface area contributed by atoms with E-state index in [0.29, 0.717) is 12.3 Å². The van der Waals surface area contributed by atoms with Crippen LogP contribution in [0.3, 0.4) is 0 Å². The first kappa shape index (κ1) is 16.0. The van der Waals surface area contributed by atoms with E-state index in [1.807, 2.05) is 55.9 Å². The molecule has 0 fully saturated rings. The van der Waals surface area contributed by atoms with Gasteiger partial charge in [-0.2, -0.15) is 5.10 Å². The fraction of sp³-hybridized carbons (Fsp3) is 0.278. The summed E-state index contributed by atoms with van der Waals surface area (Å²) < 4.78 is 7.11. The second kappa shape index (κ2) is 6.70. The van der Waals surface area contributed by atoms with Crippen molar-refractivity contribution in [2.75, 3.05) is 6.54 Å². The molecule has 0 saturated heterocycles. The third-order valence-electron chi connectivity index (χ3n) is 4.12. The number of hydrogen-bond donors (Lipinski definition) is 1. The second-order valence-corrected chi connectivity index (χ2v) is 5.72. The lowest BCUT2D eigenvalue weighted by Gasteiger charge is -2.03. The molecule has 1 amide bonds. The Morgan fingerprint density at radius 2 is 2.00 bits per heavy atom. The number of nitrogens with zero attached hydrogens (tertiary/aromatic N) is 3. The Kier molecular flexibility index (Phi) is 4.46. The first-order valence-corrected chi connectivity index (χ1v) is 7.85. The van der Waals surface area contributed by atoms with E-state index in [1.165, 1.54) is 5.56 Å². The topological polar surface area (TPSA) is 73.0 Å². The summed E-state index contributed by atoms with van der Waals surface area (Å²) in [6.45, 7) is 4.54. The predicted octanol–water partition coefficient (Wildman–Crippen LogP) is 2.66. The minimum atomic E-state index is -0.236. The highest BCUT2D eigenvalue weighted by Crippen LogP contribution is 2.19. The third-order valence-corrected chi connectivity index (χ3v) is 4.12. The van der Waals surface area contributed by atoms with Crippen LogP contribution in [-0.4, -0.2) is 27.4 Å². The molecule has 2 heterocycles. The molecular formula is C18H20N4O2. The predicted molar refractivity (Wildman–Crippen MR) is 90.7 cm³/mol. The molecule has 0 bridgehead atoms. The molecule has 0 saturated carbocycles. The van der Waals surface area contributed by atoms with Crippen molar-refractivity contribution in [3.8, 4) is 11.3 Å². The number of hydrogen-bond acceptors (Lipinski definition) is 4. The van der Waals surface area contributed by atoms with Crippen LogP contribution in [0.2, 0.25) is 0 Å². The number of nitrogens with one attached hydrogen (secondary N) is 1. The van der Waals surface area contributed by atoms with Gasteiger partial charge in [0.25, 0.3) is 5.91 Å². The van der Waals surface area contributed by atoms with E-state index in [4.69, 9.17) is 4.52 Å². The molecule has 0 spiro atoms. The average molecular weight is 324 g/mol. The summed E-state index contributed by atoms with van der Waals surface area (Å²) in [7, 11) is 1.92. The summed E-state index contributed by atoms with van der Waals surface area (Å²) in [6, 6.07) is 11.2. The molecular weight excluding hydrogens is 304 g/mol. The van der Waals surface area contributed by atoms with Crippen LogP contribution < -0.4 is 5.32 Å². The normalized spacial score (nSPS) is 10.8. The quantitative estimate of drug-likeness (QED) is 0.783. The summed E-state index contributed by atoms with van der Waals surface area (Å²) in [5.41, 5.74) is 4.47. The molecule has 0 unspecified atom stereocenters. The van der Waals surface area contributed by atoms with Crippen molar-refractivity contribution in [1.82, 2.24) is 20.3 Å². The number of carbonyl (C=O) groups is 1. The van der Waals surface area contributed by atoms with E-state index in [-0.39, 0.29) is 11.6 Å². The van der Waals surface area contributed by atoms with Gasteiger partial charge in [-0.15, -0.1) is 0 Å². The van der Waals surface area contributed by atoms with Crippen LogP contribution >= 0.6 is 0 Å². The Morgan fingerprint density at radius 1 is 1.25 bits per heavy atom. The Balaban J connectivity index is 1.61. The molecule has 2 aromatic heterocycles. The van der Waals surface area contributed by atoms with E-state index < -0.39 is 0 Å². The van der Waals surface area contributed by atoms with Crippen molar-refractivity contribution in [2.24, 2.45) is 7.05 Å². The summed E-state index contributed by atoms with van der Waals surface area (Å²) in [5.74, 6) is 0.347. The number of aryl methyl sites for hydroxylation is 2. The zero-order chi connectivity index (χ0) is 17.1. The highest BCUT2D eigenvalue weighted by atomic mass is 16.5. The van der Waals surface area contributed by atoms with Gasteiger partial charge in [0, 0.05) is 30.9 Å². The molecule has 0 atom stereocenters. The van der Waals surface area contributed by atoms with Crippen LogP contribution in [0.15, 0.2) is 40.9 Å². The van der Waals surface area contributed by atoms with Crippen molar-refractivity contribution < 1.29 is 9.32 Å². The minimum Gasteiger partial charge on any atom is -0.355 e. The zero-order valence-corrected chi connectivity index (χ0v) is 14.0. The van der Waals surface area contributed by atoms with E-state index in [1.54, 1.807) is 6.07 Å². The zero-order valence-electron chi connectivity index (χ0n) is 14.0.